The maximum atomic E-state index is 12.3. The average Bonchev–Trinajstić information content (AvgIpc) is 0.843. The predicted octanol–water partition coefficient (Wildman–Crippen LogP) is 21.4. The third kappa shape index (κ3) is 32.0. The lowest BCUT2D eigenvalue weighted by atomic mass is 9.91. The molecule has 0 saturated heterocycles. The van der Waals surface area contributed by atoms with E-state index in [1.54, 1.807) is 156 Å². The molecule has 0 aromatic heterocycles. The molecule has 0 spiro atoms. The van der Waals surface area contributed by atoms with Gasteiger partial charge in [0.2, 0.25) is 0 Å². The maximum Gasteiger partial charge on any atom is 0.514 e. The lowest BCUT2D eigenvalue weighted by Gasteiger charge is -2.21. The maximum absolute atomic E-state index is 12.3. The van der Waals surface area contributed by atoms with Crippen LogP contribution in [0.2, 0.25) is 0 Å². The zero-order valence-corrected chi connectivity index (χ0v) is 64.3. The molecule has 3 atom stereocenters. The minimum absolute atomic E-state index is 0.00502. The Hall–Kier alpha value is -9.74. The van der Waals surface area contributed by atoms with E-state index in [0.29, 0.717) is 83.7 Å². The number of ether oxygens (including phenoxy) is 17. The second-order valence-corrected chi connectivity index (χ2v) is 28.8. The molecule has 103 heavy (non-hydrogen) atoms. The Morgan fingerprint density at radius 1 is 0.311 bits per heavy atom. The first-order valence-electron chi connectivity index (χ1n) is 34.3. The normalized spacial score (nSPS) is 12.5. The van der Waals surface area contributed by atoms with Crippen molar-refractivity contribution in [3.63, 3.8) is 0 Å². The zero-order chi connectivity index (χ0) is 77.3. The van der Waals surface area contributed by atoms with Crippen molar-refractivity contribution in [2.24, 2.45) is 10.8 Å². The van der Waals surface area contributed by atoms with E-state index in [2.05, 4.69) is 13.8 Å². The molecular formula is C80H106O23. The lowest BCUT2D eigenvalue weighted by Crippen LogP contribution is -2.28. The number of carbonyl (C=O) groups excluding carboxylic acids is 6. The molecule has 23 nitrogen and oxygen atoms in total. The van der Waals surface area contributed by atoms with E-state index in [9.17, 15) is 28.8 Å². The van der Waals surface area contributed by atoms with E-state index >= 15 is 0 Å². The summed E-state index contributed by atoms with van der Waals surface area (Å²) < 4.78 is 93.3. The summed E-state index contributed by atoms with van der Waals surface area (Å²) in [6.45, 7) is 44.5. The largest absolute Gasteiger partial charge is 0.514 e. The van der Waals surface area contributed by atoms with Gasteiger partial charge in [0.25, 0.3) is 0 Å². The molecule has 0 bridgehead atoms. The Morgan fingerprint density at radius 3 is 0.864 bits per heavy atom. The second-order valence-electron chi connectivity index (χ2n) is 28.8. The monoisotopic (exact) mass is 1430 g/mol. The molecule has 0 radical (unpaired) electrons. The number of hydrogen-bond donors (Lipinski definition) is 0. The summed E-state index contributed by atoms with van der Waals surface area (Å²) in [4.78, 5) is 73.4. The molecule has 3 unspecified atom stereocenters. The molecule has 0 aliphatic rings. The average molecular weight is 1440 g/mol. The van der Waals surface area contributed by atoms with Gasteiger partial charge in [0.15, 0.2) is 47.1 Å². The molecule has 0 heterocycles. The van der Waals surface area contributed by atoms with Gasteiger partial charge in [-0.2, -0.15) is 0 Å². The Kier molecular flexibility index (Phi) is 32.0. The van der Waals surface area contributed by atoms with Crippen LogP contribution in [0, 0.1) is 10.8 Å². The molecule has 0 fully saturated rings. The molecule has 0 N–H and O–H groups in total. The van der Waals surface area contributed by atoms with Gasteiger partial charge < -0.3 is 80.5 Å². The highest BCUT2D eigenvalue weighted by Gasteiger charge is 2.31. The molecular weight excluding hydrogens is 1330 g/mol. The summed E-state index contributed by atoms with van der Waals surface area (Å²) in [5, 5.41) is 0. The Bertz CT molecular complexity index is 3700. The van der Waals surface area contributed by atoms with Crippen molar-refractivity contribution in [1.29, 1.82) is 0 Å². The van der Waals surface area contributed by atoms with Crippen molar-refractivity contribution in [3.05, 3.63) is 133 Å². The van der Waals surface area contributed by atoms with Crippen LogP contribution in [0.5, 0.6) is 80.5 Å². The predicted molar refractivity (Wildman–Crippen MR) is 388 cm³/mol. The van der Waals surface area contributed by atoms with Crippen molar-refractivity contribution in [3.8, 4) is 80.5 Å². The van der Waals surface area contributed by atoms with Gasteiger partial charge in [0.1, 0.15) is 68.4 Å². The van der Waals surface area contributed by atoms with Crippen molar-refractivity contribution in [2.75, 3.05) is 13.2 Å². The SMILES string of the molecule is CCC(C)(C)C(=O)Oc1ccc(Oc2ccc(OC(=O)OC(C)(C)C)c(OC(=O)OC(C)(C)C)c2)cc1.CCC(C)c1ccc(Oc2ccc(OC(=O)OC(C)(C)C)c(OC(=O)OC(C)(C)C)c2)cc1.CCOC(C)Oc1ccc(Oc2ccc(OC(=O)C(C)(C)CC)cc2)cc1OC(C)OCC. The van der Waals surface area contributed by atoms with Crippen molar-refractivity contribution >= 4 is 36.6 Å². The van der Waals surface area contributed by atoms with Crippen LogP contribution in [0.4, 0.5) is 19.2 Å². The van der Waals surface area contributed by atoms with Gasteiger partial charge in [0.05, 0.1) is 10.8 Å². The van der Waals surface area contributed by atoms with Crippen LogP contribution in [0.3, 0.4) is 0 Å². The quantitative estimate of drug-likeness (QED) is 0.0161. The van der Waals surface area contributed by atoms with E-state index in [1.807, 2.05) is 93.5 Å². The minimum atomic E-state index is -0.986. The van der Waals surface area contributed by atoms with E-state index in [1.165, 1.54) is 35.9 Å². The number of hydrogen-bond acceptors (Lipinski definition) is 23. The number of rotatable bonds is 26. The van der Waals surface area contributed by atoms with Crippen LogP contribution in [0.1, 0.15) is 197 Å². The summed E-state index contributed by atoms with van der Waals surface area (Å²) in [5.41, 5.74) is -2.98. The summed E-state index contributed by atoms with van der Waals surface area (Å²) in [5.74, 6) is 4.38. The minimum Gasteiger partial charge on any atom is -0.461 e. The van der Waals surface area contributed by atoms with Crippen molar-refractivity contribution in [1.82, 2.24) is 0 Å². The van der Waals surface area contributed by atoms with E-state index in [4.69, 9.17) is 80.5 Å². The first-order valence-corrected chi connectivity index (χ1v) is 34.3. The van der Waals surface area contributed by atoms with Gasteiger partial charge in [-0.05, 0) is 266 Å². The third-order valence-electron chi connectivity index (χ3n) is 14.2. The molecule has 564 valence electrons. The summed E-state index contributed by atoms with van der Waals surface area (Å²) in [7, 11) is 0. The van der Waals surface area contributed by atoms with Crippen molar-refractivity contribution in [2.45, 2.75) is 226 Å². The van der Waals surface area contributed by atoms with Crippen LogP contribution in [-0.4, -0.2) is 84.8 Å². The first-order chi connectivity index (χ1) is 47.9. The van der Waals surface area contributed by atoms with E-state index < -0.39 is 70.4 Å². The van der Waals surface area contributed by atoms with Gasteiger partial charge in [-0.3, -0.25) is 9.59 Å². The van der Waals surface area contributed by atoms with E-state index in [0.717, 1.165) is 6.42 Å². The van der Waals surface area contributed by atoms with Gasteiger partial charge in [-0.25, -0.2) is 19.2 Å². The van der Waals surface area contributed by atoms with Gasteiger partial charge in [0, 0.05) is 31.4 Å². The Morgan fingerprint density at radius 2 is 0.573 bits per heavy atom. The van der Waals surface area contributed by atoms with Crippen LogP contribution < -0.4 is 52.1 Å². The molecule has 0 aliphatic heterocycles. The molecule has 0 saturated carbocycles. The van der Waals surface area contributed by atoms with Crippen LogP contribution in [0.15, 0.2) is 127 Å². The summed E-state index contributed by atoms with van der Waals surface area (Å²) in [6.07, 6.45) is -2.32. The van der Waals surface area contributed by atoms with Crippen LogP contribution in [0.25, 0.3) is 0 Å². The van der Waals surface area contributed by atoms with Gasteiger partial charge >= 0.3 is 36.6 Å². The highest BCUT2D eigenvalue weighted by atomic mass is 16.8. The Balaban J connectivity index is 0.000000328. The third-order valence-corrected chi connectivity index (χ3v) is 14.2. The summed E-state index contributed by atoms with van der Waals surface area (Å²) in [6, 6.07) is 35.3. The van der Waals surface area contributed by atoms with Crippen LogP contribution in [-0.2, 0) is 38.0 Å². The second kappa shape index (κ2) is 38.5. The van der Waals surface area contributed by atoms with Crippen molar-refractivity contribution < 1.29 is 109 Å². The fraction of sp³-hybridized carbons (Fsp3) is 0.475. The molecule has 6 rings (SSSR count). The summed E-state index contributed by atoms with van der Waals surface area (Å²) >= 11 is 0. The topological polar surface area (TPSA) is 259 Å². The fourth-order valence-electron chi connectivity index (χ4n) is 7.95. The number of carbonyl (C=O) groups is 6. The highest BCUT2D eigenvalue weighted by Crippen LogP contribution is 2.40. The standard InChI is InChI=1S/C28H36O9.C26H34O7.C26H36O7/c1-10-28(8,9)23(29)33-19-13-11-18(12-14-19)32-20-15-16-21(34-24(30)36-26(2,3)4)22(17-20)35-25(31)37-27(5,6)7;1-9-17(2)18-10-12-19(13-11-18)29-20-14-15-21(30-23(27)32-25(3,4)5)22(16-20)31-24(28)33-26(6,7)8;1-8-26(6,7)25(27)33-21-13-11-20(12-14-21)32-22-15-16-23(30-18(4)28-9-2)24(17-22)31-19(5)29-10-3/h11-17H,10H2,1-9H3;10-17H,9H2,1-8H3;11-19H,8-10H2,1-7H3. The van der Waals surface area contributed by atoms with E-state index in [-0.39, 0.29) is 40.7 Å². The lowest BCUT2D eigenvalue weighted by molar-refractivity contribution is -0.144. The smallest absolute Gasteiger partial charge is 0.461 e. The molecule has 23 heteroatoms. The molecule has 6 aromatic rings. The highest BCUT2D eigenvalue weighted by molar-refractivity contribution is 5.79. The number of benzene rings is 6. The molecule has 6 aromatic carbocycles. The zero-order valence-electron chi connectivity index (χ0n) is 64.3. The number of esters is 2. The Labute approximate surface area is 607 Å². The molecule has 0 amide bonds. The van der Waals surface area contributed by atoms with Gasteiger partial charge in [-0.1, -0.05) is 39.8 Å². The van der Waals surface area contributed by atoms with Crippen LogP contribution >= 0.6 is 0 Å². The molecule has 0 aliphatic carbocycles. The van der Waals surface area contributed by atoms with Gasteiger partial charge in [-0.15, -0.1) is 0 Å². The first kappa shape index (κ1) is 85.7. The fourth-order valence-corrected chi connectivity index (χ4v) is 7.95.